The summed E-state index contributed by atoms with van der Waals surface area (Å²) < 4.78 is 11.1. The van der Waals surface area contributed by atoms with Crippen molar-refractivity contribution in [2.24, 2.45) is 0 Å². The Hall–Kier alpha value is -1.32. The van der Waals surface area contributed by atoms with Crippen LogP contribution < -0.4 is 4.74 Å². The van der Waals surface area contributed by atoms with Gasteiger partial charge >= 0.3 is 0 Å². The molecular weight excluding hydrogens is 228 g/mol. The molecule has 1 aromatic carbocycles. The molecular formula is C15H20O3. The van der Waals surface area contributed by atoms with Crippen LogP contribution in [0.15, 0.2) is 36.4 Å². The first-order chi connectivity index (χ1) is 8.67. The van der Waals surface area contributed by atoms with Crippen LogP contribution >= 0.6 is 0 Å². The molecule has 2 rings (SSSR count). The van der Waals surface area contributed by atoms with Crippen LogP contribution in [-0.2, 0) is 11.3 Å². The van der Waals surface area contributed by atoms with Gasteiger partial charge in [-0.05, 0) is 24.1 Å². The zero-order valence-electron chi connectivity index (χ0n) is 10.9. The summed E-state index contributed by atoms with van der Waals surface area (Å²) in [7, 11) is 1.66. The average molecular weight is 248 g/mol. The molecule has 0 saturated carbocycles. The highest BCUT2D eigenvalue weighted by molar-refractivity contribution is 5.27. The molecule has 1 aliphatic carbocycles. The lowest BCUT2D eigenvalue weighted by molar-refractivity contribution is -0.0365. The highest BCUT2D eigenvalue weighted by Crippen LogP contribution is 2.31. The highest BCUT2D eigenvalue weighted by Gasteiger charge is 2.33. The Kier molecular flexibility index (Phi) is 4.04. The van der Waals surface area contributed by atoms with Crippen molar-refractivity contribution in [3.63, 3.8) is 0 Å². The van der Waals surface area contributed by atoms with Crippen LogP contribution in [-0.4, -0.2) is 23.9 Å². The second-order valence-corrected chi connectivity index (χ2v) is 4.69. The van der Waals surface area contributed by atoms with Crippen LogP contribution in [0.25, 0.3) is 0 Å². The van der Waals surface area contributed by atoms with Gasteiger partial charge in [0.15, 0.2) is 0 Å². The standard InChI is InChI=1S/C15H20O3/c1-3-15(9-8-13(16)10-15)18-11-12-4-6-14(17-2)7-5-12/h4-9,13,16H,3,10-11H2,1-2H3. The first-order valence-corrected chi connectivity index (χ1v) is 6.32. The summed E-state index contributed by atoms with van der Waals surface area (Å²) in [6, 6.07) is 7.85. The normalized spacial score (nSPS) is 26.5. The number of aliphatic hydroxyl groups is 1. The fourth-order valence-corrected chi connectivity index (χ4v) is 2.20. The van der Waals surface area contributed by atoms with Gasteiger partial charge in [-0.2, -0.15) is 0 Å². The third-order valence-electron chi connectivity index (χ3n) is 3.46. The van der Waals surface area contributed by atoms with E-state index in [1.165, 1.54) is 0 Å². The predicted octanol–water partition coefficient (Wildman–Crippen LogP) is 2.68. The molecule has 0 aliphatic heterocycles. The molecule has 2 unspecified atom stereocenters. The van der Waals surface area contributed by atoms with Crippen molar-refractivity contribution in [1.29, 1.82) is 0 Å². The largest absolute Gasteiger partial charge is 0.497 e. The van der Waals surface area contributed by atoms with E-state index in [2.05, 4.69) is 6.92 Å². The number of benzene rings is 1. The van der Waals surface area contributed by atoms with Gasteiger partial charge in [-0.15, -0.1) is 0 Å². The first-order valence-electron chi connectivity index (χ1n) is 6.32. The Morgan fingerprint density at radius 3 is 2.56 bits per heavy atom. The summed E-state index contributed by atoms with van der Waals surface area (Å²) >= 11 is 0. The zero-order chi connectivity index (χ0) is 13.0. The monoisotopic (exact) mass is 248 g/mol. The summed E-state index contributed by atoms with van der Waals surface area (Å²) in [4.78, 5) is 0. The minimum absolute atomic E-state index is 0.306. The van der Waals surface area contributed by atoms with Gasteiger partial charge in [0, 0.05) is 6.42 Å². The lowest BCUT2D eigenvalue weighted by atomic mass is 9.99. The molecule has 0 fully saturated rings. The van der Waals surface area contributed by atoms with Crippen LogP contribution in [0.4, 0.5) is 0 Å². The smallest absolute Gasteiger partial charge is 0.118 e. The molecule has 1 aromatic rings. The van der Waals surface area contributed by atoms with E-state index in [0.29, 0.717) is 13.0 Å². The molecule has 3 heteroatoms. The number of hydrogen-bond donors (Lipinski definition) is 1. The average Bonchev–Trinajstić information content (AvgIpc) is 2.79. The van der Waals surface area contributed by atoms with Gasteiger partial charge in [0.25, 0.3) is 0 Å². The number of rotatable bonds is 5. The molecule has 0 saturated heterocycles. The molecule has 0 spiro atoms. The number of ether oxygens (including phenoxy) is 2. The number of hydrogen-bond acceptors (Lipinski definition) is 3. The minimum atomic E-state index is -0.374. The lowest BCUT2D eigenvalue weighted by Crippen LogP contribution is -2.29. The first kappa shape index (κ1) is 13.1. The number of methoxy groups -OCH3 is 1. The van der Waals surface area contributed by atoms with Crippen LogP contribution in [0.5, 0.6) is 5.75 Å². The number of aliphatic hydroxyl groups excluding tert-OH is 1. The molecule has 3 nitrogen and oxygen atoms in total. The Morgan fingerprint density at radius 1 is 1.33 bits per heavy atom. The van der Waals surface area contributed by atoms with Gasteiger partial charge in [-0.1, -0.05) is 31.2 Å². The summed E-state index contributed by atoms with van der Waals surface area (Å²) in [5.41, 5.74) is 0.803. The SMILES string of the molecule is CCC1(OCc2ccc(OC)cc2)C=CC(O)C1. The highest BCUT2D eigenvalue weighted by atomic mass is 16.5. The van der Waals surface area contributed by atoms with Crippen molar-refractivity contribution in [2.45, 2.75) is 38.1 Å². The van der Waals surface area contributed by atoms with E-state index in [-0.39, 0.29) is 11.7 Å². The van der Waals surface area contributed by atoms with Crippen molar-refractivity contribution >= 4 is 0 Å². The zero-order valence-corrected chi connectivity index (χ0v) is 10.9. The van der Waals surface area contributed by atoms with Crippen molar-refractivity contribution in [1.82, 2.24) is 0 Å². The maximum absolute atomic E-state index is 9.58. The van der Waals surface area contributed by atoms with Gasteiger partial charge in [0.2, 0.25) is 0 Å². The van der Waals surface area contributed by atoms with Crippen molar-refractivity contribution in [3.8, 4) is 5.75 Å². The lowest BCUT2D eigenvalue weighted by Gasteiger charge is -2.27. The molecule has 1 aliphatic rings. The van der Waals surface area contributed by atoms with E-state index in [9.17, 15) is 5.11 Å². The predicted molar refractivity (Wildman–Crippen MR) is 70.6 cm³/mol. The minimum Gasteiger partial charge on any atom is -0.497 e. The second kappa shape index (κ2) is 5.55. The van der Waals surface area contributed by atoms with E-state index >= 15 is 0 Å². The molecule has 0 bridgehead atoms. The van der Waals surface area contributed by atoms with Crippen molar-refractivity contribution < 1.29 is 14.6 Å². The van der Waals surface area contributed by atoms with E-state index in [1.54, 1.807) is 7.11 Å². The van der Waals surface area contributed by atoms with Gasteiger partial charge < -0.3 is 14.6 Å². The van der Waals surface area contributed by atoms with Crippen LogP contribution in [0.3, 0.4) is 0 Å². The maximum Gasteiger partial charge on any atom is 0.118 e. The van der Waals surface area contributed by atoms with Crippen LogP contribution in [0.1, 0.15) is 25.3 Å². The van der Waals surface area contributed by atoms with Gasteiger partial charge in [-0.3, -0.25) is 0 Å². The summed E-state index contributed by atoms with van der Waals surface area (Å²) in [5, 5.41) is 9.58. The molecule has 98 valence electrons. The quantitative estimate of drug-likeness (QED) is 0.814. The molecule has 2 atom stereocenters. The molecule has 0 radical (unpaired) electrons. The maximum atomic E-state index is 9.58. The summed E-state index contributed by atoms with van der Waals surface area (Å²) in [6.45, 7) is 2.63. The Balaban J connectivity index is 1.95. The van der Waals surface area contributed by atoms with E-state index in [4.69, 9.17) is 9.47 Å². The van der Waals surface area contributed by atoms with Crippen molar-refractivity contribution in [3.05, 3.63) is 42.0 Å². The Morgan fingerprint density at radius 2 is 2.06 bits per heavy atom. The Labute approximate surface area is 108 Å². The Bertz CT molecular complexity index is 410. The molecule has 0 aromatic heterocycles. The van der Waals surface area contributed by atoms with E-state index in [1.807, 2.05) is 36.4 Å². The van der Waals surface area contributed by atoms with Gasteiger partial charge in [0.1, 0.15) is 5.75 Å². The molecule has 0 amide bonds. The van der Waals surface area contributed by atoms with Crippen molar-refractivity contribution in [2.75, 3.05) is 7.11 Å². The van der Waals surface area contributed by atoms with E-state index in [0.717, 1.165) is 17.7 Å². The topological polar surface area (TPSA) is 38.7 Å². The molecule has 0 heterocycles. The summed E-state index contributed by atoms with van der Waals surface area (Å²) in [5.74, 6) is 0.847. The van der Waals surface area contributed by atoms with E-state index < -0.39 is 0 Å². The van der Waals surface area contributed by atoms with Crippen LogP contribution in [0.2, 0.25) is 0 Å². The second-order valence-electron chi connectivity index (χ2n) is 4.69. The third kappa shape index (κ3) is 2.92. The third-order valence-corrected chi connectivity index (χ3v) is 3.46. The fourth-order valence-electron chi connectivity index (χ4n) is 2.20. The summed E-state index contributed by atoms with van der Waals surface area (Å²) in [6.07, 6.45) is 4.95. The molecule has 18 heavy (non-hydrogen) atoms. The fraction of sp³-hybridized carbons (Fsp3) is 0.467. The van der Waals surface area contributed by atoms with Gasteiger partial charge in [-0.25, -0.2) is 0 Å². The van der Waals surface area contributed by atoms with Crippen LogP contribution in [0, 0.1) is 0 Å². The molecule has 1 N–H and O–H groups in total. The van der Waals surface area contributed by atoms with Gasteiger partial charge in [0.05, 0.1) is 25.4 Å².